The molecule has 1 heterocycles. The highest BCUT2D eigenvalue weighted by molar-refractivity contribution is 6.30. The lowest BCUT2D eigenvalue weighted by Crippen LogP contribution is -2.00. The molecule has 1 aromatic carbocycles. The number of ether oxygens (including phenoxy) is 1. The average molecular weight is 249 g/mol. The monoisotopic (exact) mass is 248 g/mol. The molecule has 0 aliphatic rings. The summed E-state index contributed by atoms with van der Waals surface area (Å²) in [6.07, 6.45) is 1.66. The van der Waals surface area contributed by atoms with E-state index in [0.29, 0.717) is 19.0 Å². The highest BCUT2D eigenvalue weighted by atomic mass is 35.5. The second-order valence-corrected chi connectivity index (χ2v) is 4.10. The zero-order valence-electron chi connectivity index (χ0n) is 9.27. The molecule has 4 heteroatoms. The molecule has 0 atom stereocenters. The fraction of sp³-hybridized carbons (Fsp3) is 0.154. The zero-order chi connectivity index (χ0) is 12.1. The number of nitrogen functional groups attached to an aromatic ring is 1. The number of hydrogen-bond donors (Lipinski definition) is 1. The highest BCUT2D eigenvalue weighted by Crippen LogP contribution is 2.12. The Labute approximate surface area is 105 Å². The summed E-state index contributed by atoms with van der Waals surface area (Å²) in [4.78, 5) is 4.00. The molecule has 0 bridgehead atoms. The van der Waals surface area contributed by atoms with Gasteiger partial charge in [-0.3, -0.25) is 0 Å². The Morgan fingerprint density at radius 2 is 1.88 bits per heavy atom. The molecule has 0 amide bonds. The van der Waals surface area contributed by atoms with Crippen molar-refractivity contribution >= 4 is 17.4 Å². The maximum absolute atomic E-state index is 5.80. The van der Waals surface area contributed by atoms with Crippen LogP contribution in [0.3, 0.4) is 0 Å². The standard InChI is InChI=1S/C13H13ClN2O/c14-12-5-3-10(4-6-12)8-17-9-11-2-1-7-16-13(11)15/h1-7H,8-9H2,(H2,15,16). The Bertz CT molecular complexity index is 485. The van der Waals surface area contributed by atoms with Crippen molar-refractivity contribution in [2.45, 2.75) is 13.2 Å². The number of rotatable bonds is 4. The van der Waals surface area contributed by atoms with E-state index in [1.807, 2.05) is 36.4 Å². The minimum absolute atomic E-state index is 0.461. The Morgan fingerprint density at radius 1 is 1.12 bits per heavy atom. The summed E-state index contributed by atoms with van der Waals surface area (Å²) < 4.78 is 5.56. The van der Waals surface area contributed by atoms with Gasteiger partial charge in [-0.15, -0.1) is 0 Å². The van der Waals surface area contributed by atoms with E-state index >= 15 is 0 Å². The van der Waals surface area contributed by atoms with E-state index < -0.39 is 0 Å². The topological polar surface area (TPSA) is 48.1 Å². The summed E-state index contributed by atoms with van der Waals surface area (Å²) in [5.74, 6) is 0.517. The first-order valence-corrected chi connectivity index (χ1v) is 5.65. The molecular formula is C13H13ClN2O. The largest absolute Gasteiger partial charge is 0.383 e. The number of aromatic nitrogens is 1. The molecule has 0 saturated carbocycles. The number of pyridine rings is 1. The number of anilines is 1. The first-order valence-electron chi connectivity index (χ1n) is 5.27. The third-order valence-corrected chi connectivity index (χ3v) is 2.62. The Balaban J connectivity index is 1.88. The van der Waals surface area contributed by atoms with Crippen molar-refractivity contribution < 1.29 is 4.74 Å². The van der Waals surface area contributed by atoms with Crippen LogP contribution in [0.4, 0.5) is 5.82 Å². The molecule has 0 aliphatic carbocycles. The van der Waals surface area contributed by atoms with Gasteiger partial charge in [-0.05, 0) is 23.8 Å². The van der Waals surface area contributed by atoms with E-state index in [4.69, 9.17) is 22.1 Å². The SMILES string of the molecule is Nc1ncccc1COCc1ccc(Cl)cc1. The predicted octanol–water partition coefficient (Wildman–Crippen LogP) is 3.03. The molecule has 0 aliphatic heterocycles. The first-order chi connectivity index (χ1) is 8.25. The van der Waals surface area contributed by atoms with Gasteiger partial charge in [0.25, 0.3) is 0 Å². The molecule has 3 nitrogen and oxygen atoms in total. The summed E-state index contributed by atoms with van der Waals surface area (Å²) in [7, 11) is 0. The van der Waals surface area contributed by atoms with Crippen LogP contribution < -0.4 is 5.73 Å². The molecule has 2 rings (SSSR count). The molecule has 0 saturated heterocycles. The third-order valence-electron chi connectivity index (χ3n) is 2.37. The third kappa shape index (κ3) is 3.44. The molecule has 0 radical (unpaired) electrons. The maximum atomic E-state index is 5.80. The van der Waals surface area contributed by atoms with Gasteiger partial charge in [0.15, 0.2) is 0 Å². The van der Waals surface area contributed by atoms with Crippen LogP contribution in [-0.4, -0.2) is 4.98 Å². The van der Waals surface area contributed by atoms with E-state index in [0.717, 1.165) is 16.1 Å². The summed E-state index contributed by atoms with van der Waals surface area (Å²) in [6.45, 7) is 0.994. The zero-order valence-corrected chi connectivity index (χ0v) is 10.0. The van der Waals surface area contributed by atoms with E-state index in [1.54, 1.807) is 6.20 Å². The quantitative estimate of drug-likeness (QED) is 0.905. The Hall–Kier alpha value is -1.58. The van der Waals surface area contributed by atoms with Crippen molar-refractivity contribution in [1.29, 1.82) is 0 Å². The van der Waals surface area contributed by atoms with Gasteiger partial charge >= 0.3 is 0 Å². The summed E-state index contributed by atoms with van der Waals surface area (Å²) >= 11 is 5.80. The van der Waals surface area contributed by atoms with Crippen molar-refractivity contribution in [1.82, 2.24) is 4.98 Å². The minimum atomic E-state index is 0.461. The van der Waals surface area contributed by atoms with Crippen molar-refractivity contribution in [2.75, 3.05) is 5.73 Å². The number of nitrogens with zero attached hydrogens (tertiary/aromatic N) is 1. The van der Waals surface area contributed by atoms with E-state index in [2.05, 4.69) is 4.98 Å². The molecule has 2 aromatic rings. The second-order valence-electron chi connectivity index (χ2n) is 3.67. The highest BCUT2D eigenvalue weighted by Gasteiger charge is 1.99. The van der Waals surface area contributed by atoms with Crippen LogP contribution in [0.15, 0.2) is 42.6 Å². The van der Waals surface area contributed by atoms with Gasteiger partial charge in [-0.1, -0.05) is 29.8 Å². The smallest absolute Gasteiger partial charge is 0.128 e. The van der Waals surface area contributed by atoms with Crippen molar-refractivity contribution in [3.8, 4) is 0 Å². The minimum Gasteiger partial charge on any atom is -0.383 e. The summed E-state index contributed by atoms with van der Waals surface area (Å²) in [5.41, 5.74) is 7.70. The molecule has 0 unspecified atom stereocenters. The van der Waals surface area contributed by atoms with Crippen LogP contribution in [0.25, 0.3) is 0 Å². The number of benzene rings is 1. The van der Waals surface area contributed by atoms with Gasteiger partial charge < -0.3 is 10.5 Å². The van der Waals surface area contributed by atoms with Crippen LogP contribution >= 0.6 is 11.6 Å². The predicted molar refractivity (Wildman–Crippen MR) is 68.6 cm³/mol. The van der Waals surface area contributed by atoms with Gasteiger partial charge in [-0.25, -0.2) is 4.98 Å². The summed E-state index contributed by atoms with van der Waals surface area (Å²) in [5, 5.41) is 0.727. The lowest BCUT2D eigenvalue weighted by atomic mass is 10.2. The molecular weight excluding hydrogens is 236 g/mol. The van der Waals surface area contributed by atoms with E-state index in [9.17, 15) is 0 Å². The Kier molecular flexibility index (Phi) is 3.96. The van der Waals surface area contributed by atoms with E-state index in [-0.39, 0.29) is 0 Å². The lowest BCUT2D eigenvalue weighted by Gasteiger charge is -2.06. The first kappa shape index (κ1) is 11.9. The molecule has 2 N–H and O–H groups in total. The van der Waals surface area contributed by atoms with Crippen LogP contribution in [0, 0.1) is 0 Å². The van der Waals surface area contributed by atoms with Crippen molar-refractivity contribution in [2.24, 2.45) is 0 Å². The Morgan fingerprint density at radius 3 is 2.59 bits per heavy atom. The fourth-order valence-corrected chi connectivity index (χ4v) is 1.56. The van der Waals surface area contributed by atoms with Gasteiger partial charge in [-0.2, -0.15) is 0 Å². The molecule has 0 spiro atoms. The average Bonchev–Trinajstić information content (AvgIpc) is 2.34. The van der Waals surface area contributed by atoms with Crippen LogP contribution in [0.5, 0.6) is 0 Å². The molecule has 1 aromatic heterocycles. The van der Waals surface area contributed by atoms with Crippen LogP contribution in [-0.2, 0) is 18.0 Å². The maximum Gasteiger partial charge on any atom is 0.128 e. The summed E-state index contributed by atoms with van der Waals surface area (Å²) in [6, 6.07) is 11.3. The number of hydrogen-bond acceptors (Lipinski definition) is 3. The van der Waals surface area contributed by atoms with Crippen LogP contribution in [0.1, 0.15) is 11.1 Å². The molecule has 17 heavy (non-hydrogen) atoms. The fourth-order valence-electron chi connectivity index (χ4n) is 1.43. The van der Waals surface area contributed by atoms with Gasteiger partial charge in [0.1, 0.15) is 5.82 Å². The molecule has 88 valence electrons. The second kappa shape index (κ2) is 5.66. The normalized spacial score (nSPS) is 10.4. The van der Waals surface area contributed by atoms with Gasteiger partial charge in [0.2, 0.25) is 0 Å². The molecule has 0 fully saturated rings. The lowest BCUT2D eigenvalue weighted by molar-refractivity contribution is 0.107. The van der Waals surface area contributed by atoms with Gasteiger partial charge in [0.05, 0.1) is 13.2 Å². The van der Waals surface area contributed by atoms with Crippen molar-refractivity contribution in [3.05, 3.63) is 58.7 Å². The number of halogens is 1. The van der Waals surface area contributed by atoms with Crippen LogP contribution in [0.2, 0.25) is 5.02 Å². The van der Waals surface area contributed by atoms with Gasteiger partial charge in [0, 0.05) is 16.8 Å². The number of nitrogens with two attached hydrogens (primary N) is 1. The van der Waals surface area contributed by atoms with Crippen molar-refractivity contribution in [3.63, 3.8) is 0 Å². The van der Waals surface area contributed by atoms with E-state index in [1.165, 1.54) is 0 Å².